The molecule has 0 radical (unpaired) electrons. The Kier molecular flexibility index (Phi) is 6.19. The van der Waals surface area contributed by atoms with Crippen molar-refractivity contribution >= 4 is 5.78 Å². The van der Waals surface area contributed by atoms with Gasteiger partial charge in [0.15, 0.2) is 23.2 Å². The van der Waals surface area contributed by atoms with Crippen molar-refractivity contribution in [3.63, 3.8) is 0 Å². The number of aliphatic hydroxyl groups is 1. The molecular formula is C18H28O5. The molecule has 5 heteroatoms. The quantitative estimate of drug-likeness (QED) is 0.761. The monoisotopic (exact) mass is 324 g/mol. The van der Waals surface area contributed by atoms with E-state index in [-0.39, 0.29) is 29.3 Å². The molecule has 0 aromatic rings. The van der Waals surface area contributed by atoms with Crippen LogP contribution in [0.1, 0.15) is 41.5 Å². The van der Waals surface area contributed by atoms with Gasteiger partial charge in [-0.1, -0.05) is 12.7 Å². The van der Waals surface area contributed by atoms with Gasteiger partial charge in [0.1, 0.15) is 0 Å². The van der Waals surface area contributed by atoms with Crippen molar-refractivity contribution in [1.29, 1.82) is 0 Å². The van der Waals surface area contributed by atoms with Crippen molar-refractivity contribution in [3.05, 3.63) is 35.3 Å². The SMILES string of the molecule is C=C1C(OC)=C(OC(C)C)C(OC(C)C)C(=O)C1(O)/C(C)=C/C. The van der Waals surface area contributed by atoms with Gasteiger partial charge < -0.3 is 19.3 Å². The molecule has 2 atom stereocenters. The van der Waals surface area contributed by atoms with Crippen LogP contribution < -0.4 is 0 Å². The van der Waals surface area contributed by atoms with E-state index < -0.39 is 17.5 Å². The number of methoxy groups -OCH3 is 1. The van der Waals surface area contributed by atoms with Gasteiger partial charge >= 0.3 is 0 Å². The van der Waals surface area contributed by atoms with Crippen LogP contribution in [-0.2, 0) is 19.0 Å². The molecule has 0 heterocycles. The summed E-state index contributed by atoms with van der Waals surface area (Å²) in [4.78, 5) is 13.0. The van der Waals surface area contributed by atoms with Crippen LogP contribution in [-0.4, -0.2) is 41.9 Å². The van der Waals surface area contributed by atoms with E-state index in [1.165, 1.54) is 7.11 Å². The second-order valence-electron chi connectivity index (χ2n) is 6.15. The highest BCUT2D eigenvalue weighted by atomic mass is 16.6. The number of ether oxygens (including phenoxy) is 3. The number of carbonyl (C=O) groups is 1. The second-order valence-corrected chi connectivity index (χ2v) is 6.15. The highest BCUT2D eigenvalue weighted by molar-refractivity contribution is 6.01. The van der Waals surface area contributed by atoms with Crippen LogP contribution in [0, 0.1) is 0 Å². The summed E-state index contributed by atoms with van der Waals surface area (Å²) in [7, 11) is 1.46. The maximum absolute atomic E-state index is 13.0. The molecule has 5 nitrogen and oxygen atoms in total. The largest absolute Gasteiger partial charge is 0.493 e. The van der Waals surface area contributed by atoms with E-state index in [4.69, 9.17) is 14.2 Å². The minimum Gasteiger partial charge on any atom is -0.493 e. The number of allylic oxidation sites excluding steroid dienone is 1. The fraction of sp³-hybridized carbons (Fsp3) is 0.611. The lowest BCUT2D eigenvalue weighted by Crippen LogP contribution is -2.54. The molecule has 1 aliphatic rings. The third-order valence-electron chi connectivity index (χ3n) is 3.75. The Balaban J connectivity index is 3.58. The Morgan fingerprint density at radius 1 is 1.30 bits per heavy atom. The fourth-order valence-electron chi connectivity index (χ4n) is 2.52. The molecule has 0 aromatic heterocycles. The van der Waals surface area contributed by atoms with Crippen molar-refractivity contribution in [2.45, 2.75) is 65.5 Å². The molecule has 0 saturated heterocycles. The first kappa shape index (κ1) is 19.5. The summed E-state index contributed by atoms with van der Waals surface area (Å²) in [6, 6.07) is 0. The number of hydrogen-bond acceptors (Lipinski definition) is 5. The summed E-state index contributed by atoms with van der Waals surface area (Å²) in [6.45, 7) is 14.6. The Hall–Kier alpha value is -1.59. The van der Waals surface area contributed by atoms with E-state index in [1.807, 2.05) is 27.7 Å². The van der Waals surface area contributed by atoms with Crippen LogP contribution in [0.25, 0.3) is 0 Å². The Labute approximate surface area is 138 Å². The zero-order valence-electron chi connectivity index (χ0n) is 15.1. The Bertz CT molecular complexity index is 542. The van der Waals surface area contributed by atoms with Crippen molar-refractivity contribution < 1.29 is 24.1 Å². The molecule has 0 aromatic carbocycles. The van der Waals surface area contributed by atoms with Gasteiger partial charge in [0, 0.05) is 5.57 Å². The molecule has 23 heavy (non-hydrogen) atoms. The Morgan fingerprint density at radius 3 is 2.26 bits per heavy atom. The first-order valence-electron chi connectivity index (χ1n) is 7.81. The molecule has 0 saturated carbocycles. The third-order valence-corrected chi connectivity index (χ3v) is 3.75. The number of ketones is 1. The summed E-state index contributed by atoms with van der Waals surface area (Å²) < 4.78 is 16.9. The van der Waals surface area contributed by atoms with Gasteiger partial charge in [-0.15, -0.1) is 0 Å². The van der Waals surface area contributed by atoms with Crippen molar-refractivity contribution in [2.75, 3.05) is 7.11 Å². The van der Waals surface area contributed by atoms with Gasteiger partial charge in [0.2, 0.25) is 5.78 Å². The van der Waals surface area contributed by atoms with E-state index in [0.29, 0.717) is 5.57 Å². The molecule has 1 N–H and O–H groups in total. The van der Waals surface area contributed by atoms with Gasteiger partial charge in [-0.25, -0.2) is 0 Å². The van der Waals surface area contributed by atoms with Gasteiger partial charge in [0.25, 0.3) is 0 Å². The number of carbonyl (C=O) groups excluding carboxylic acids is 1. The van der Waals surface area contributed by atoms with E-state index in [2.05, 4.69) is 6.58 Å². The average molecular weight is 324 g/mol. The first-order valence-corrected chi connectivity index (χ1v) is 7.81. The van der Waals surface area contributed by atoms with Gasteiger partial charge in [-0.2, -0.15) is 0 Å². The van der Waals surface area contributed by atoms with Crippen molar-refractivity contribution in [2.24, 2.45) is 0 Å². The topological polar surface area (TPSA) is 65.0 Å². The zero-order valence-corrected chi connectivity index (χ0v) is 15.1. The van der Waals surface area contributed by atoms with Crippen LogP contribution in [0.2, 0.25) is 0 Å². The maximum Gasteiger partial charge on any atom is 0.209 e. The maximum atomic E-state index is 13.0. The molecule has 130 valence electrons. The number of hydrogen-bond donors (Lipinski definition) is 1. The molecule has 0 amide bonds. The van der Waals surface area contributed by atoms with Crippen LogP contribution in [0.15, 0.2) is 35.3 Å². The normalized spacial score (nSPS) is 26.3. The van der Waals surface area contributed by atoms with E-state index in [0.717, 1.165) is 0 Å². The van der Waals surface area contributed by atoms with Crippen molar-refractivity contribution in [1.82, 2.24) is 0 Å². The summed E-state index contributed by atoms with van der Waals surface area (Å²) in [5, 5.41) is 11.0. The average Bonchev–Trinajstić information content (AvgIpc) is 2.48. The van der Waals surface area contributed by atoms with Crippen molar-refractivity contribution in [3.8, 4) is 0 Å². The summed E-state index contributed by atoms with van der Waals surface area (Å²) >= 11 is 0. The lowest BCUT2D eigenvalue weighted by Gasteiger charge is -2.40. The molecule has 0 spiro atoms. The van der Waals surface area contributed by atoms with Crippen LogP contribution in [0.5, 0.6) is 0 Å². The smallest absolute Gasteiger partial charge is 0.209 e. The molecule has 0 aliphatic heterocycles. The van der Waals surface area contributed by atoms with Gasteiger partial charge in [-0.05, 0) is 47.1 Å². The first-order chi connectivity index (χ1) is 10.6. The predicted octanol–water partition coefficient (Wildman–Crippen LogP) is 2.90. The van der Waals surface area contributed by atoms with Gasteiger partial charge in [-0.3, -0.25) is 4.79 Å². The lowest BCUT2D eigenvalue weighted by atomic mass is 9.75. The fourth-order valence-corrected chi connectivity index (χ4v) is 2.52. The van der Waals surface area contributed by atoms with Crippen LogP contribution >= 0.6 is 0 Å². The number of Topliss-reactive ketones (excluding diaryl/α,β-unsaturated/α-hetero) is 1. The van der Waals surface area contributed by atoms with Gasteiger partial charge in [0.05, 0.1) is 19.3 Å². The molecular weight excluding hydrogens is 296 g/mol. The minimum absolute atomic E-state index is 0.167. The molecule has 0 fully saturated rings. The molecule has 1 rings (SSSR count). The minimum atomic E-state index is -1.86. The van der Waals surface area contributed by atoms with E-state index >= 15 is 0 Å². The third kappa shape index (κ3) is 3.51. The molecule has 1 aliphatic carbocycles. The summed E-state index contributed by atoms with van der Waals surface area (Å²) in [5.74, 6) is 0.00989. The predicted molar refractivity (Wildman–Crippen MR) is 88.8 cm³/mol. The Morgan fingerprint density at radius 2 is 1.87 bits per heavy atom. The van der Waals surface area contributed by atoms with Crippen LogP contribution in [0.4, 0.5) is 0 Å². The highest BCUT2D eigenvalue weighted by Gasteiger charge is 2.53. The summed E-state index contributed by atoms with van der Waals surface area (Å²) in [5.41, 5.74) is -1.22. The number of rotatable bonds is 6. The van der Waals surface area contributed by atoms with E-state index in [1.54, 1.807) is 19.9 Å². The second kappa shape index (κ2) is 7.32. The zero-order chi connectivity index (χ0) is 17.9. The molecule has 2 unspecified atom stereocenters. The highest BCUT2D eigenvalue weighted by Crippen LogP contribution is 2.41. The molecule has 0 bridgehead atoms. The summed E-state index contributed by atoms with van der Waals surface area (Å²) in [6.07, 6.45) is 0.229. The standard InChI is InChI=1S/C18H28O5/c1-9-12(6)18(20)13(7)14(21-8)15(22-10(2)3)16(17(18)19)23-11(4)5/h9-11,16,20H,7H2,1-6,8H3/b12-9+. The lowest BCUT2D eigenvalue weighted by molar-refractivity contribution is -0.149. The van der Waals surface area contributed by atoms with E-state index in [9.17, 15) is 9.90 Å². The van der Waals surface area contributed by atoms with Crippen LogP contribution in [0.3, 0.4) is 0 Å².